The van der Waals surface area contributed by atoms with E-state index in [1.54, 1.807) is 29.5 Å². The Morgan fingerprint density at radius 3 is 2.57 bits per heavy atom. The number of amides is 1. The van der Waals surface area contributed by atoms with Crippen LogP contribution in [0.2, 0.25) is 0 Å². The first-order valence-corrected chi connectivity index (χ1v) is 10.5. The number of thiophene rings is 1. The van der Waals surface area contributed by atoms with Crippen LogP contribution < -0.4 is 0 Å². The van der Waals surface area contributed by atoms with Gasteiger partial charge in [-0.2, -0.15) is 4.68 Å². The molecule has 3 heterocycles. The maximum atomic E-state index is 13.5. The molecule has 1 aliphatic heterocycles. The molecule has 0 radical (unpaired) electrons. The largest absolute Gasteiger partial charge is 0.380 e. The van der Waals surface area contributed by atoms with Crippen molar-refractivity contribution in [2.24, 2.45) is 11.8 Å². The fraction of sp³-hybridized carbons (Fsp3) is 0.684. The van der Waals surface area contributed by atoms with E-state index in [-0.39, 0.29) is 12.0 Å². The van der Waals surface area contributed by atoms with Crippen LogP contribution >= 0.6 is 11.3 Å². The zero-order valence-electron chi connectivity index (χ0n) is 17.1. The van der Waals surface area contributed by atoms with E-state index in [1.165, 1.54) is 0 Å². The fourth-order valence-corrected chi connectivity index (χ4v) is 5.85. The molecule has 0 bridgehead atoms. The molecular weight excluding hydrogens is 376 g/mol. The molecule has 0 spiro atoms. The SMILES string of the molecule is CO[C@@H]1C[C@H]2CN(C(=O)c3c(-n4cnnn4)sc(C)c3C)C[C@H]2C[C@H]1N(C)C. The van der Waals surface area contributed by atoms with Gasteiger partial charge >= 0.3 is 0 Å². The fourth-order valence-electron chi connectivity index (χ4n) is 4.79. The number of hydrogen-bond acceptors (Lipinski definition) is 7. The number of fused-ring (bicyclic) bond motifs is 1. The zero-order chi connectivity index (χ0) is 20.0. The first-order valence-electron chi connectivity index (χ1n) is 9.72. The highest BCUT2D eigenvalue weighted by Crippen LogP contribution is 2.40. The lowest BCUT2D eigenvalue weighted by molar-refractivity contribution is -0.0209. The van der Waals surface area contributed by atoms with E-state index in [0.29, 0.717) is 17.9 Å². The number of likely N-dealkylation sites (N-methyl/N-ethyl adjacent to an activating group) is 1. The Bertz CT molecular complexity index is 849. The number of methoxy groups -OCH3 is 1. The van der Waals surface area contributed by atoms with E-state index in [1.807, 2.05) is 18.7 Å². The van der Waals surface area contributed by atoms with Gasteiger partial charge in [0.25, 0.3) is 5.91 Å². The lowest BCUT2D eigenvalue weighted by Gasteiger charge is -2.40. The minimum atomic E-state index is 0.0946. The third-order valence-electron chi connectivity index (χ3n) is 6.48. The second-order valence-corrected chi connectivity index (χ2v) is 9.43. The topological polar surface area (TPSA) is 76.4 Å². The summed E-state index contributed by atoms with van der Waals surface area (Å²) in [5.41, 5.74) is 1.76. The normalized spacial score (nSPS) is 27.4. The average Bonchev–Trinajstić information content (AvgIpc) is 3.39. The van der Waals surface area contributed by atoms with Gasteiger partial charge in [-0.3, -0.25) is 4.79 Å². The first kappa shape index (κ1) is 19.5. The molecule has 4 atom stereocenters. The van der Waals surface area contributed by atoms with Crippen molar-refractivity contribution in [3.8, 4) is 5.00 Å². The second-order valence-electron chi connectivity index (χ2n) is 8.22. The summed E-state index contributed by atoms with van der Waals surface area (Å²) in [4.78, 5) is 18.9. The standard InChI is InChI=1S/C19H28N6O2S/c1-11-12(2)28-19(25-10-20-21-22-25)17(11)18(26)24-8-13-6-15(23(3)4)16(27-5)7-14(13)9-24/h10,13-16H,6-9H2,1-5H3/t13-,14+,15-,16-/m1/s1. The Morgan fingerprint density at radius 1 is 1.25 bits per heavy atom. The number of hydrogen-bond donors (Lipinski definition) is 0. The molecule has 2 fully saturated rings. The van der Waals surface area contributed by atoms with Crippen LogP contribution in [0.4, 0.5) is 0 Å². The molecule has 1 amide bonds. The molecule has 2 aromatic rings. The molecule has 1 saturated heterocycles. The Hall–Kier alpha value is -1.84. The van der Waals surface area contributed by atoms with Gasteiger partial charge in [-0.1, -0.05) is 0 Å². The molecule has 0 unspecified atom stereocenters. The molecule has 9 heteroatoms. The molecular formula is C19H28N6O2S. The minimum absolute atomic E-state index is 0.0946. The van der Waals surface area contributed by atoms with Gasteiger partial charge in [0.2, 0.25) is 0 Å². The molecule has 152 valence electrons. The number of rotatable bonds is 4. The Kier molecular flexibility index (Phi) is 5.24. The van der Waals surface area contributed by atoms with Crippen molar-refractivity contribution in [2.45, 2.75) is 38.8 Å². The number of tetrazole rings is 1. The monoisotopic (exact) mass is 404 g/mol. The number of aryl methyl sites for hydroxylation is 1. The summed E-state index contributed by atoms with van der Waals surface area (Å²) in [5, 5.41) is 12.3. The third kappa shape index (κ3) is 3.25. The molecule has 2 aromatic heterocycles. The Morgan fingerprint density at radius 2 is 1.96 bits per heavy atom. The lowest BCUT2D eigenvalue weighted by atomic mass is 9.77. The van der Waals surface area contributed by atoms with Crippen LogP contribution in [0, 0.1) is 25.7 Å². The van der Waals surface area contributed by atoms with Crippen molar-refractivity contribution >= 4 is 17.2 Å². The van der Waals surface area contributed by atoms with Gasteiger partial charge in [0.05, 0.1) is 11.7 Å². The van der Waals surface area contributed by atoms with Gasteiger partial charge in [0.1, 0.15) is 11.3 Å². The van der Waals surface area contributed by atoms with Crippen LogP contribution in [0.5, 0.6) is 0 Å². The summed E-state index contributed by atoms with van der Waals surface area (Å²) in [6.07, 6.45) is 3.86. The van der Waals surface area contributed by atoms with Gasteiger partial charge in [0, 0.05) is 31.1 Å². The molecule has 0 aromatic carbocycles. The van der Waals surface area contributed by atoms with Crippen LogP contribution in [-0.2, 0) is 4.74 Å². The summed E-state index contributed by atoms with van der Waals surface area (Å²) in [5.74, 6) is 1.12. The summed E-state index contributed by atoms with van der Waals surface area (Å²) in [6.45, 7) is 5.67. The summed E-state index contributed by atoms with van der Waals surface area (Å²) >= 11 is 1.57. The number of nitrogens with zero attached hydrogens (tertiary/aromatic N) is 6. The molecule has 0 N–H and O–H groups in total. The number of aromatic nitrogens is 4. The maximum absolute atomic E-state index is 13.5. The molecule has 28 heavy (non-hydrogen) atoms. The average molecular weight is 405 g/mol. The van der Waals surface area contributed by atoms with Crippen molar-refractivity contribution in [3.05, 3.63) is 22.3 Å². The van der Waals surface area contributed by atoms with Crippen molar-refractivity contribution in [1.29, 1.82) is 0 Å². The second kappa shape index (κ2) is 7.53. The number of carbonyl (C=O) groups is 1. The Balaban J connectivity index is 1.58. The van der Waals surface area contributed by atoms with Crippen LogP contribution in [0.1, 0.15) is 33.6 Å². The Labute approximate surface area is 169 Å². The predicted octanol–water partition coefficient (Wildman–Crippen LogP) is 1.77. The molecule has 8 nitrogen and oxygen atoms in total. The lowest BCUT2D eigenvalue weighted by Crippen LogP contribution is -2.47. The first-order chi connectivity index (χ1) is 13.4. The molecule has 4 rings (SSSR count). The van der Waals surface area contributed by atoms with E-state index >= 15 is 0 Å². The van der Waals surface area contributed by atoms with Crippen molar-refractivity contribution in [3.63, 3.8) is 0 Å². The molecule has 2 aliphatic rings. The van der Waals surface area contributed by atoms with Crippen LogP contribution in [0.15, 0.2) is 6.33 Å². The minimum Gasteiger partial charge on any atom is -0.380 e. The van der Waals surface area contributed by atoms with E-state index in [2.05, 4.69) is 34.5 Å². The van der Waals surface area contributed by atoms with Gasteiger partial charge in [-0.25, -0.2) is 0 Å². The summed E-state index contributed by atoms with van der Waals surface area (Å²) in [6, 6.07) is 0.406. The van der Waals surface area contributed by atoms with E-state index in [4.69, 9.17) is 4.74 Å². The van der Waals surface area contributed by atoms with E-state index in [0.717, 1.165) is 46.9 Å². The van der Waals surface area contributed by atoms with Crippen molar-refractivity contribution in [2.75, 3.05) is 34.3 Å². The van der Waals surface area contributed by atoms with Crippen LogP contribution in [0.25, 0.3) is 5.00 Å². The predicted molar refractivity (Wildman–Crippen MR) is 107 cm³/mol. The summed E-state index contributed by atoms with van der Waals surface area (Å²) in [7, 11) is 6.03. The van der Waals surface area contributed by atoms with Crippen molar-refractivity contribution in [1.82, 2.24) is 30.0 Å². The molecule has 1 aliphatic carbocycles. The zero-order valence-corrected chi connectivity index (χ0v) is 17.9. The quantitative estimate of drug-likeness (QED) is 0.773. The smallest absolute Gasteiger partial charge is 0.257 e. The van der Waals surface area contributed by atoms with Crippen LogP contribution in [0.3, 0.4) is 0 Å². The van der Waals surface area contributed by atoms with Gasteiger partial charge in [0.15, 0.2) is 0 Å². The van der Waals surface area contributed by atoms with Gasteiger partial charge in [-0.15, -0.1) is 16.4 Å². The summed E-state index contributed by atoms with van der Waals surface area (Å²) < 4.78 is 7.38. The highest BCUT2D eigenvalue weighted by Gasteiger charge is 2.45. The van der Waals surface area contributed by atoms with E-state index < -0.39 is 0 Å². The highest BCUT2D eigenvalue weighted by atomic mass is 32.1. The van der Waals surface area contributed by atoms with E-state index in [9.17, 15) is 4.79 Å². The van der Waals surface area contributed by atoms with Gasteiger partial charge in [-0.05, 0) is 68.6 Å². The maximum Gasteiger partial charge on any atom is 0.257 e. The highest BCUT2D eigenvalue weighted by molar-refractivity contribution is 7.15. The third-order valence-corrected chi connectivity index (χ3v) is 7.67. The number of likely N-dealkylation sites (tertiary alicyclic amines) is 1. The molecule has 1 saturated carbocycles. The van der Waals surface area contributed by atoms with Gasteiger partial charge < -0.3 is 14.5 Å². The number of carbonyl (C=O) groups excluding carboxylic acids is 1. The van der Waals surface area contributed by atoms with Crippen molar-refractivity contribution < 1.29 is 9.53 Å². The van der Waals surface area contributed by atoms with Crippen LogP contribution in [-0.4, -0.2) is 82.4 Å². The number of ether oxygens (including phenoxy) is 1.